The average molecular weight is 1520 g/mol. The summed E-state index contributed by atoms with van der Waals surface area (Å²) in [5, 5.41) is 30.0. The number of methoxy groups -OCH3 is 2. The molecule has 5 amide bonds. The predicted octanol–water partition coefficient (Wildman–Crippen LogP) is 12.5. The first-order chi connectivity index (χ1) is 52.4. The summed E-state index contributed by atoms with van der Waals surface area (Å²) in [6.45, 7) is 29.5. The minimum atomic E-state index is -0.526. The Hall–Kier alpha value is -9.08. The van der Waals surface area contributed by atoms with Gasteiger partial charge in [-0.25, -0.2) is 14.2 Å². The number of anilines is 2. The van der Waals surface area contributed by atoms with Crippen molar-refractivity contribution in [1.82, 2.24) is 51.3 Å². The number of para-hydroxylation sites is 2. The van der Waals surface area contributed by atoms with Crippen LogP contribution in [0.1, 0.15) is 178 Å². The van der Waals surface area contributed by atoms with Gasteiger partial charge < -0.3 is 59.5 Å². The third-order valence-corrected chi connectivity index (χ3v) is 18.7. The zero-order valence-corrected chi connectivity index (χ0v) is 67.5. The number of rotatable bonds is 39. The highest BCUT2D eigenvalue weighted by atomic mass is 16.6. The van der Waals surface area contributed by atoms with E-state index in [1.165, 1.54) is 0 Å². The van der Waals surface area contributed by atoms with Gasteiger partial charge in [0.05, 0.1) is 94.6 Å². The molecule has 600 valence electrons. The topological polar surface area (TPSA) is 308 Å². The Kier molecular flexibility index (Phi) is 34.4. The Morgan fingerprint density at radius 2 is 0.927 bits per heavy atom. The monoisotopic (exact) mass is 1520 g/mol. The van der Waals surface area contributed by atoms with Gasteiger partial charge in [-0.15, -0.1) is 10.2 Å². The molecule has 4 aromatic carbocycles. The van der Waals surface area contributed by atoms with Crippen molar-refractivity contribution < 1.29 is 66.8 Å². The molecule has 2 aliphatic heterocycles. The van der Waals surface area contributed by atoms with Gasteiger partial charge >= 0.3 is 12.1 Å². The van der Waals surface area contributed by atoms with Crippen LogP contribution in [-0.4, -0.2) is 176 Å². The number of unbranched alkanes of at least 4 members (excludes halogenated alkanes) is 3. The molecule has 2 aliphatic rings. The lowest BCUT2D eigenvalue weighted by atomic mass is 9.74. The molecule has 26 nitrogen and oxygen atoms in total. The van der Waals surface area contributed by atoms with E-state index in [0.717, 1.165) is 76.9 Å². The Bertz CT molecular complexity index is 3990. The van der Waals surface area contributed by atoms with E-state index < -0.39 is 11.5 Å². The minimum absolute atomic E-state index is 0.0188. The van der Waals surface area contributed by atoms with Crippen LogP contribution in [0.15, 0.2) is 97.1 Å². The van der Waals surface area contributed by atoms with Crippen molar-refractivity contribution in [3.63, 3.8) is 0 Å². The fourth-order valence-electron chi connectivity index (χ4n) is 13.4. The van der Waals surface area contributed by atoms with Crippen molar-refractivity contribution in [2.45, 2.75) is 204 Å². The first-order valence-electron chi connectivity index (χ1n) is 38.8. The molecule has 2 atom stereocenters. The second kappa shape index (κ2) is 42.9. The number of fused-ring (bicyclic) bond motifs is 10. The van der Waals surface area contributed by atoms with Crippen molar-refractivity contribution in [2.24, 2.45) is 22.2 Å². The Morgan fingerprint density at radius 1 is 0.455 bits per heavy atom. The molecule has 4 N–H and O–H groups in total. The summed E-state index contributed by atoms with van der Waals surface area (Å²) < 4.78 is 35.4. The second-order valence-corrected chi connectivity index (χ2v) is 32.3. The number of carbonyl (C=O) groups excluding carboxylic acids is 8. The molecule has 0 aliphatic carbocycles. The van der Waals surface area contributed by atoms with Crippen LogP contribution in [0.3, 0.4) is 0 Å². The molecule has 0 bridgehead atoms. The van der Waals surface area contributed by atoms with Gasteiger partial charge in [0.25, 0.3) is 0 Å². The molecular weight excluding hydrogens is 1400 g/mol. The van der Waals surface area contributed by atoms with Gasteiger partial charge in [-0.05, 0) is 88.0 Å². The number of nitrogens with zero attached hydrogens (tertiary/aromatic N) is 8. The number of benzene rings is 4. The van der Waals surface area contributed by atoms with Crippen LogP contribution >= 0.6 is 0 Å². The summed E-state index contributed by atoms with van der Waals surface area (Å²) in [6.07, 6.45) is 6.20. The average Bonchev–Trinajstić information content (AvgIpc) is 1.54. The Labute approximate surface area is 649 Å². The summed E-state index contributed by atoms with van der Waals surface area (Å²) in [7, 11) is 3.20. The Balaban J connectivity index is 0.000000306. The lowest BCUT2D eigenvalue weighted by Gasteiger charge is -2.31. The van der Waals surface area contributed by atoms with Crippen molar-refractivity contribution >= 4 is 58.6 Å². The summed E-state index contributed by atoms with van der Waals surface area (Å²) >= 11 is 0. The number of nitrogens with one attached hydrogen (secondary N) is 4. The number of ketones is 2. The molecule has 0 fully saturated rings. The molecule has 2 aromatic heterocycles. The van der Waals surface area contributed by atoms with E-state index in [1.54, 1.807) is 33.4 Å². The molecule has 8 rings (SSSR count). The summed E-state index contributed by atoms with van der Waals surface area (Å²) in [6, 6.07) is 30.5. The van der Waals surface area contributed by atoms with Crippen molar-refractivity contribution in [3.8, 4) is 45.0 Å². The standard InChI is InChI=1S/C43H61N5O7.C41H59N7O7/c1-42(2,3)29-31(41(52)43(4,5)6)15-9-8-10-20-38(51)55-26-24-48-40-34-18-13-14-19-35(34)47(30-32-16-11-12-17-33(32)39(40)45-46-48)37(50)22-21-36(49)44-23-25-54-28-27-53-7;1-40(2,3)38(51)32(44-41(4,5)6)17-12-13-21-43-39(52)55-25-23-48-37-30-15-9-8-14-29(30)28-47(33-18-11-10-16-31(33)36(37)45-46-48)35(50)20-19-34(49)42-22-24-54-27-26-53-7/h11-14,16-19,31H,8-10,15,20-30H2,1-7H3,(H,44,49);8-11,14-16,18,32,44H,12-13,17,19-28H2,1-7H3,(H,42,49)(H,43,52). The van der Waals surface area contributed by atoms with Gasteiger partial charge in [0.15, 0.2) is 5.78 Å². The van der Waals surface area contributed by atoms with Gasteiger partial charge in [0, 0.05) is 110 Å². The number of hydrogen-bond donors (Lipinski definition) is 4. The molecule has 2 unspecified atom stereocenters. The molecule has 26 heteroatoms. The quantitative estimate of drug-likeness (QED) is 0.0206. The van der Waals surface area contributed by atoms with Crippen molar-refractivity contribution in [3.05, 3.63) is 108 Å². The lowest BCUT2D eigenvalue weighted by molar-refractivity contribution is -0.144. The van der Waals surface area contributed by atoms with Gasteiger partial charge in [-0.2, -0.15) is 0 Å². The fourth-order valence-corrected chi connectivity index (χ4v) is 13.4. The number of ether oxygens (including phenoxy) is 6. The summed E-state index contributed by atoms with van der Waals surface area (Å²) in [5.74, 6) is -0.583. The fraction of sp³-hybridized carbons (Fsp3) is 0.571. The normalized spacial score (nSPS) is 13.1. The van der Waals surface area contributed by atoms with Gasteiger partial charge in [0.1, 0.15) is 30.4 Å². The second-order valence-electron chi connectivity index (χ2n) is 32.3. The van der Waals surface area contributed by atoms with Crippen LogP contribution in [0.25, 0.3) is 45.0 Å². The van der Waals surface area contributed by atoms with Crippen molar-refractivity contribution in [2.75, 3.05) is 96.5 Å². The molecule has 110 heavy (non-hydrogen) atoms. The number of aromatic nitrogens is 6. The highest BCUT2D eigenvalue weighted by Crippen LogP contribution is 2.44. The number of amides is 5. The lowest BCUT2D eigenvalue weighted by Crippen LogP contribution is -2.50. The maximum absolute atomic E-state index is 13.9. The number of alkyl carbamates (subject to hydrolysis) is 1. The van der Waals surface area contributed by atoms with E-state index >= 15 is 0 Å². The zero-order valence-electron chi connectivity index (χ0n) is 67.5. The highest BCUT2D eigenvalue weighted by molar-refractivity contribution is 6.03. The van der Waals surface area contributed by atoms with Crippen LogP contribution in [0.5, 0.6) is 0 Å². The summed E-state index contributed by atoms with van der Waals surface area (Å²) in [5.41, 5.74) is 8.16. The molecule has 0 saturated carbocycles. The maximum Gasteiger partial charge on any atom is 0.407 e. The minimum Gasteiger partial charge on any atom is -0.464 e. The Morgan fingerprint density at radius 3 is 1.46 bits per heavy atom. The van der Waals surface area contributed by atoms with E-state index in [4.69, 9.17) is 28.4 Å². The van der Waals surface area contributed by atoms with Gasteiger partial charge in [-0.3, -0.25) is 33.6 Å². The van der Waals surface area contributed by atoms with E-state index in [2.05, 4.69) is 83.4 Å². The van der Waals surface area contributed by atoms with Gasteiger partial charge in [-0.1, -0.05) is 171 Å². The molecule has 4 heterocycles. The van der Waals surface area contributed by atoms with Crippen LogP contribution in [0, 0.1) is 22.2 Å². The third-order valence-electron chi connectivity index (χ3n) is 18.7. The molecule has 6 aromatic rings. The maximum atomic E-state index is 13.9. The largest absolute Gasteiger partial charge is 0.464 e. The summed E-state index contributed by atoms with van der Waals surface area (Å²) in [4.78, 5) is 108. The highest BCUT2D eigenvalue weighted by Gasteiger charge is 2.36. The van der Waals surface area contributed by atoms with Crippen LogP contribution in [0.2, 0.25) is 0 Å². The third kappa shape index (κ3) is 27.7. The molecular formula is C84H120N12O14. The zero-order chi connectivity index (χ0) is 80.0. The van der Waals surface area contributed by atoms with Crippen LogP contribution in [0.4, 0.5) is 16.2 Å². The first-order valence-corrected chi connectivity index (χ1v) is 38.8. The van der Waals surface area contributed by atoms with E-state index in [0.29, 0.717) is 120 Å². The van der Waals surface area contributed by atoms with Crippen LogP contribution in [-0.2, 0) is 88.2 Å². The van der Waals surface area contributed by atoms with Crippen LogP contribution < -0.4 is 31.1 Å². The van der Waals surface area contributed by atoms with E-state index in [9.17, 15) is 38.4 Å². The predicted molar refractivity (Wildman–Crippen MR) is 424 cm³/mol. The van der Waals surface area contributed by atoms with Gasteiger partial charge in [0.2, 0.25) is 23.6 Å². The van der Waals surface area contributed by atoms with Crippen molar-refractivity contribution in [1.29, 1.82) is 0 Å². The number of carbonyl (C=O) groups is 8. The number of hydrogen-bond acceptors (Lipinski definition) is 19. The number of Topliss-reactive ketones (excluding diaryl/α,β-unsaturated/α-hetero) is 2. The smallest absolute Gasteiger partial charge is 0.407 e. The molecule has 0 saturated heterocycles. The van der Waals surface area contributed by atoms with E-state index in [-0.39, 0.29) is 122 Å². The first kappa shape index (κ1) is 88.1. The molecule has 0 radical (unpaired) electrons. The molecule has 0 spiro atoms. The van der Waals surface area contributed by atoms with E-state index in [1.807, 2.05) is 139 Å². The number of esters is 1. The SMILES string of the molecule is COCCOCCNC(=O)CCC(=O)N1Cc2ccccc2-c2c(nnn2CCOC(=O)NCCCCC(NC(C)(C)C)C(=O)C(C)(C)C)-c2ccccc21.COCCOCCNC(=O)CCC(=O)N1Cc2ccccc2-c2nnn(CCOC(=O)CCCCCC(CC(C)(C)C)C(=O)C(C)(C)C)c2-c2ccccc21.